The van der Waals surface area contributed by atoms with Gasteiger partial charge >= 0.3 is 11.1 Å². The number of carbonyl (C=O) groups is 1. The van der Waals surface area contributed by atoms with Gasteiger partial charge in [-0.15, -0.1) is 4.68 Å². The molecule has 0 saturated heterocycles. The lowest BCUT2D eigenvalue weighted by Crippen LogP contribution is -2.32. The Hall–Kier alpha value is -2.62. The number of carboxylic acids is 1. The third kappa shape index (κ3) is 5.25. The van der Waals surface area contributed by atoms with Gasteiger partial charge in [0.25, 0.3) is 0 Å². The van der Waals surface area contributed by atoms with E-state index in [1.165, 1.54) is 11.8 Å². The average molecular weight is 340 g/mol. The molecule has 0 aliphatic rings. The topological polar surface area (TPSA) is 125 Å². The van der Waals surface area contributed by atoms with Gasteiger partial charge in [0.1, 0.15) is 0 Å². The van der Waals surface area contributed by atoms with Crippen molar-refractivity contribution in [3.63, 3.8) is 0 Å². The summed E-state index contributed by atoms with van der Waals surface area (Å²) in [6.07, 6.45) is 0. The van der Waals surface area contributed by atoms with Gasteiger partial charge in [-0.05, 0) is 23.4 Å². The first kappa shape index (κ1) is 18.4. The second-order valence-corrected chi connectivity index (χ2v) is 5.43. The molecule has 0 atom stereocenters. The first-order chi connectivity index (χ1) is 10.7. The van der Waals surface area contributed by atoms with Gasteiger partial charge in [-0.2, -0.15) is 0 Å². The van der Waals surface area contributed by atoms with Gasteiger partial charge in [-0.1, -0.05) is 18.2 Å². The molecule has 124 valence electrons. The maximum atomic E-state index is 11.1. The summed E-state index contributed by atoms with van der Waals surface area (Å²) in [5, 5.41) is 29.2. The lowest BCUT2D eigenvalue weighted by molar-refractivity contribution is -0.715. The molecule has 23 heavy (non-hydrogen) atoms. The van der Waals surface area contributed by atoms with E-state index in [1.807, 2.05) is 42.4 Å². The maximum absolute atomic E-state index is 11.1. The number of aryl methyl sites for hydroxylation is 1. The van der Waals surface area contributed by atoms with Gasteiger partial charge in [0, 0.05) is 12.7 Å². The Morgan fingerprint density at radius 3 is 2.48 bits per heavy atom. The van der Waals surface area contributed by atoms with Crippen LogP contribution in [0.2, 0.25) is 0 Å². The number of hydrogen-bond acceptors (Lipinski definition) is 6. The average Bonchev–Trinajstić information content (AvgIpc) is 2.72. The minimum absolute atomic E-state index is 0.352. The summed E-state index contributed by atoms with van der Waals surface area (Å²) in [5.74, 6) is 0.749. The van der Waals surface area contributed by atoms with Gasteiger partial charge in [0.2, 0.25) is 5.82 Å². The Morgan fingerprint density at radius 2 is 2.00 bits per heavy atom. The second kappa shape index (κ2) is 8.13. The molecule has 0 radical (unpaired) electrons. The fraction of sp³-hybridized carbons (Fsp3) is 0.308. The number of aromatic nitrogens is 3. The zero-order chi connectivity index (χ0) is 17.6. The van der Waals surface area contributed by atoms with Crippen LogP contribution < -0.4 is 4.57 Å². The van der Waals surface area contributed by atoms with Gasteiger partial charge in [0.15, 0.2) is 0 Å². The molecule has 0 amide bonds. The van der Waals surface area contributed by atoms with E-state index in [-0.39, 0.29) is 0 Å². The van der Waals surface area contributed by atoms with Crippen LogP contribution in [-0.2, 0) is 19.8 Å². The summed E-state index contributed by atoms with van der Waals surface area (Å²) >= 11 is 1.53. The van der Waals surface area contributed by atoms with Crippen LogP contribution in [0.5, 0.6) is 0 Å². The van der Waals surface area contributed by atoms with E-state index in [4.69, 9.17) is 20.4 Å². The smallest absolute Gasteiger partial charge is 0.336 e. The molecular weight excluding hydrogens is 324 g/mol. The monoisotopic (exact) mass is 340 g/mol. The Morgan fingerprint density at radius 1 is 1.43 bits per heavy atom. The van der Waals surface area contributed by atoms with Crippen molar-refractivity contribution in [1.82, 2.24) is 9.78 Å². The van der Waals surface area contributed by atoms with Gasteiger partial charge in [-0.3, -0.25) is 0 Å². The Kier molecular flexibility index (Phi) is 6.51. The van der Waals surface area contributed by atoms with Crippen molar-refractivity contribution in [1.29, 1.82) is 0 Å². The fourth-order valence-electron chi connectivity index (χ4n) is 1.75. The van der Waals surface area contributed by atoms with Crippen molar-refractivity contribution in [3.8, 4) is 0 Å². The van der Waals surface area contributed by atoms with E-state index in [0.29, 0.717) is 11.3 Å². The van der Waals surface area contributed by atoms with Crippen molar-refractivity contribution in [2.45, 2.75) is 17.8 Å². The third-order valence-corrected chi connectivity index (χ3v) is 4.15. The SMILES string of the molecule is Cc1n(C)nc(SCc2ccccc2C(=O)O)[n+]1C.O=[N+]([O-])[O-]. The molecular formula is C13H16N4O5S. The number of thioether (sulfide) groups is 1. The Balaban J connectivity index is 0.000000593. The highest BCUT2D eigenvalue weighted by Gasteiger charge is 2.18. The number of hydrogen-bond donors (Lipinski definition) is 1. The summed E-state index contributed by atoms with van der Waals surface area (Å²) in [6.45, 7) is 1.99. The van der Waals surface area contributed by atoms with Crippen LogP contribution in [-0.4, -0.2) is 25.9 Å². The number of aromatic carboxylic acids is 1. The molecule has 0 aliphatic heterocycles. The lowest BCUT2D eigenvalue weighted by atomic mass is 10.1. The molecule has 9 nitrogen and oxygen atoms in total. The van der Waals surface area contributed by atoms with Crippen LogP contribution in [0.3, 0.4) is 0 Å². The van der Waals surface area contributed by atoms with Gasteiger partial charge in [-0.25, -0.2) is 9.36 Å². The minimum Gasteiger partial charge on any atom is -0.478 e. The summed E-state index contributed by atoms with van der Waals surface area (Å²) in [6, 6.07) is 7.06. The zero-order valence-corrected chi connectivity index (χ0v) is 13.6. The van der Waals surface area contributed by atoms with E-state index in [1.54, 1.807) is 12.1 Å². The quantitative estimate of drug-likeness (QED) is 0.385. The molecule has 0 spiro atoms. The molecule has 1 aromatic carbocycles. The standard InChI is InChI=1S/C13H15N3O2S.NO3/c1-9-15(2)13(14-16(9)3)19-8-10-6-4-5-7-11(10)12(17)18;2-1(3)4/h4-7H,8H2,1-3H3;/q;-1/p+1. The van der Waals surface area contributed by atoms with E-state index < -0.39 is 11.1 Å². The second-order valence-electron chi connectivity index (χ2n) is 4.49. The fourth-order valence-corrected chi connectivity index (χ4v) is 2.79. The normalized spacial score (nSPS) is 9.87. The largest absolute Gasteiger partial charge is 0.478 e. The number of benzene rings is 1. The van der Waals surface area contributed by atoms with Crippen LogP contribution >= 0.6 is 11.8 Å². The van der Waals surface area contributed by atoms with Gasteiger partial charge < -0.3 is 20.4 Å². The molecule has 2 rings (SSSR count). The number of nitrogens with zero attached hydrogens (tertiary/aromatic N) is 4. The molecule has 2 aromatic rings. The molecule has 0 fully saturated rings. The van der Waals surface area contributed by atoms with Crippen molar-refractivity contribution in [2.24, 2.45) is 14.1 Å². The first-order valence-electron chi connectivity index (χ1n) is 6.39. The van der Waals surface area contributed by atoms with E-state index >= 15 is 0 Å². The van der Waals surface area contributed by atoms with Crippen molar-refractivity contribution < 1.29 is 19.6 Å². The molecule has 10 heteroatoms. The highest BCUT2D eigenvalue weighted by molar-refractivity contribution is 7.98. The lowest BCUT2D eigenvalue weighted by Gasteiger charge is -2.03. The van der Waals surface area contributed by atoms with E-state index in [0.717, 1.165) is 16.5 Å². The molecule has 0 unspecified atom stereocenters. The predicted molar refractivity (Wildman–Crippen MR) is 82.4 cm³/mol. The summed E-state index contributed by atoms with van der Waals surface area (Å²) < 4.78 is 3.81. The Bertz CT molecular complexity index is 712. The predicted octanol–water partition coefficient (Wildman–Crippen LogP) is 1.30. The van der Waals surface area contributed by atoms with Crippen molar-refractivity contribution in [3.05, 3.63) is 56.5 Å². The molecule has 1 heterocycles. The molecule has 0 aliphatic carbocycles. The van der Waals surface area contributed by atoms with Crippen molar-refractivity contribution in [2.75, 3.05) is 0 Å². The molecule has 0 bridgehead atoms. The Labute approximate surface area is 136 Å². The molecule has 1 N–H and O–H groups in total. The molecule has 0 saturated carbocycles. The molecule has 1 aromatic heterocycles. The third-order valence-electron chi connectivity index (χ3n) is 3.08. The van der Waals surface area contributed by atoms with E-state index in [2.05, 4.69) is 5.10 Å². The zero-order valence-electron chi connectivity index (χ0n) is 12.8. The summed E-state index contributed by atoms with van der Waals surface area (Å²) in [7, 11) is 3.85. The minimum atomic E-state index is -1.75. The number of rotatable bonds is 4. The summed E-state index contributed by atoms with van der Waals surface area (Å²) in [5.41, 5.74) is 1.16. The van der Waals surface area contributed by atoms with Crippen LogP contribution in [0.1, 0.15) is 21.7 Å². The summed E-state index contributed by atoms with van der Waals surface area (Å²) in [4.78, 5) is 19.4. The highest BCUT2D eigenvalue weighted by atomic mass is 32.2. The van der Waals surface area contributed by atoms with Crippen LogP contribution in [0, 0.1) is 22.2 Å². The van der Waals surface area contributed by atoms with E-state index in [9.17, 15) is 4.79 Å². The first-order valence-corrected chi connectivity index (χ1v) is 7.37. The maximum Gasteiger partial charge on any atom is 0.336 e. The highest BCUT2D eigenvalue weighted by Crippen LogP contribution is 2.21. The van der Waals surface area contributed by atoms with Gasteiger partial charge in [0.05, 0.1) is 29.8 Å². The van der Waals surface area contributed by atoms with Crippen LogP contribution in [0.25, 0.3) is 0 Å². The van der Waals surface area contributed by atoms with Crippen LogP contribution in [0.4, 0.5) is 0 Å². The number of carboxylic acid groups (broad SMARTS) is 1. The van der Waals surface area contributed by atoms with Crippen molar-refractivity contribution >= 4 is 17.7 Å². The van der Waals surface area contributed by atoms with Crippen LogP contribution in [0.15, 0.2) is 29.4 Å².